The summed E-state index contributed by atoms with van der Waals surface area (Å²) >= 11 is 0. The second-order valence-corrected chi connectivity index (χ2v) is 8.44. The molecule has 2 aromatic heterocycles. The van der Waals surface area contributed by atoms with E-state index in [1.807, 2.05) is 30.3 Å². The first-order valence-corrected chi connectivity index (χ1v) is 11.4. The van der Waals surface area contributed by atoms with Crippen LogP contribution in [-0.2, 0) is 24.9 Å². The summed E-state index contributed by atoms with van der Waals surface area (Å²) in [5, 5.41) is 17.9. The third-order valence-corrected chi connectivity index (χ3v) is 5.90. The van der Waals surface area contributed by atoms with Gasteiger partial charge in [-0.3, -0.25) is 0 Å². The lowest BCUT2D eigenvalue weighted by molar-refractivity contribution is 0.100. The van der Waals surface area contributed by atoms with Crippen LogP contribution in [0.25, 0.3) is 11.4 Å². The monoisotopic (exact) mass is 460 g/mol. The van der Waals surface area contributed by atoms with Crippen molar-refractivity contribution >= 4 is 6.09 Å². The lowest BCUT2D eigenvalue weighted by atomic mass is 9.98. The van der Waals surface area contributed by atoms with Gasteiger partial charge < -0.3 is 14.4 Å². The molecular weight excluding hydrogens is 432 g/mol. The average Bonchev–Trinajstić information content (AvgIpc) is 3.24. The molecule has 0 atom stereocenters. The van der Waals surface area contributed by atoms with Crippen molar-refractivity contribution in [2.45, 2.75) is 51.4 Å². The number of aryl methyl sites for hydroxylation is 1. The van der Waals surface area contributed by atoms with Crippen LogP contribution in [0, 0.1) is 11.3 Å². The Morgan fingerprint density at radius 2 is 1.94 bits per heavy atom. The molecule has 1 fully saturated rings. The minimum atomic E-state index is -0.460. The first kappa shape index (κ1) is 23.2. The summed E-state index contributed by atoms with van der Waals surface area (Å²) in [6.07, 6.45) is 5.15. The van der Waals surface area contributed by atoms with Gasteiger partial charge in [-0.2, -0.15) is 5.26 Å². The van der Waals surface area contributed by atoms with Gasteiger partial charge in [0, 0.05) is 20.6 Å². The number of amides is 1. The van der Waals surface area contributed by atoms with Crippen molar-refractivity contribution < 1.29 is 14.3 Å². The van der Waals surface area contributed by atoms with E-state index in [-0.39, 0.29) is 18.4 Å². The Bertz CT molecular complexity index is 1170. The average molecular weight is 461 g/mol. The number of pyridine rings is 1. The van der Waals surface area contributed by atoms with Gasteiger partial charge in [0.2, 0.25) is 0 Å². The quantitative estimate of drug-likeness (QED) is 0.519. The van der Waals surface area contributed by atoms with E-state index in [0.29, 0.717) is 29.4 Å². The normalized spacial score (nSPS) is 13.8. The van der Waals surface area contributed by atoms with E-state index < -0.39 is 6.09 Å². The molecule has 9 nitrogen and oxygen atoms in total. The van der Waals surface area contributed by atoms with E-state index in [1.54, 1.807) is 30.9 Å². The van der Waals surface area contributed by atoms with E-state index in [9.17, 15) is 10.1 Å². The Labute approximate surface area is 198 Å². The predicted octanol–water partition coefficient (Wildman–Crippen LogP) is 4.23. The third-order valence-electron chi connectivity index (χ3n) is 5.90. The Morgan fingerprint density at radius 1 is 1.18 bits per heavy atom. The summed E-state index contributed by atoms with van der Waals surface area (Å²) in [4.78, 5) is 18.5. The molecular formula is C25H28N6O3. The standard InChI is InChI=1S/C25H28N6O3/c1-30(16-18-9-5-3-6-10-18)25(32)33-17-22-24(28-29-31(22)2)20-13-14-23(21(15-26)27-20)34-19-11-7-4-8-12-19/h3,5-6,9-10,13-14,19H,4,7-8,11-12,16-17H2,1-2H3. The SMILES string of the molecule is CN(Cc1ccccc1)C(=O)OCc1c(-c2ccc(OC3CCCCC3)c(C#N)n2)nnn1C. The number of carbonyl (C=O) groups excluding carboxylic acids is 1. The van der Waals surface area contributed by atoms with Gasteiger partial charge in [-0.15, -0.1) is 5.10 Å². The summed E-state index contributed by atoms with van der Waals surface area (Å²) in [5.74, 6) is 0.484. The summed E-state index contributed by atoms with van der Waals surface area (Å²) in [7, 11) is 3.41. The second-order valence-electron chi connectivity index (χ2n) is 8.44. The lowest BCUT2D eigenvalue weighted by Gasteiger charge is -2.23. The van der Waals surface area contributed by atoms with Gasteiger partial charge >= 0.3 is 6.09 Å². The third kappa shape index (κ3) is 5.52. The molecule has 0 saturated heterocycles. The molecule has 1 aliphatic carbocycles. The molecule has 0 unspecified atom stereocenters. The van der Waals surface area contributed by atoms with Crippen molar-refractivity contribution in [1.82, 2.24) is 24.9 Å². The molecule has 1 aliphatic rings. The van der Waals surface area contributed by atoms with Crippen molar-refractivity contribution in [2.75, 3.05) is 7.05 Å². The Kier molecular flexibility index (Phi) is 7.38. The van der Waals surface area contributed by atoms with Crippen LogP contribution in [0.15, 0.2) is 42.5 Å². The predicted molar refractivity (Wildman–Crippen MR) is 125 cm³/mol. The zero-order valence-electron chi connectivity index (χ0n) is 19.5. The van der Waals surface area contributed by atoms with Gasteiger partial charge in [0.05, 0.1) is 11.8 Å². The van der Waals surface area contributed by atoms with E-state index in [4.69, 9.17) is 9.47 Å². The van der Waals surface area contributed by atoms with Crippen LogP contribution < -0.4 is 4.74 Å². The highest BCUT2D eigenvalue weighted by molar-refractivity contribution is 5.67. The van der Waals surface area contributed by atoms with Crippen molar-refractivity contribution in [3.05, 3.63) is 59.4 Å². The van der Waals surface area contributed by atoms with Crippen LogP contribution in [0.2, 0.25) is 0 Å². The van der Waals surface area contributed by atoms with Gasteiger partial charge in [0.1, 0.15) is 24.1 Å². The molecule has 9 heteroatoms. The zero-order chi connectivity index (χ0) is 23.9. The highest BCUT2D eigenvalue weighted by Crippen LogP contribution is 2.28. The molecule has 3 aromatic rings. The molecule has 0 radical (unpaired) electrons. The Hall–Kier alpha value is -3.93. The van der Waals surface area contributed by atoms with Crippen LogP contribution in [0.1, 0.15) is 49.1 Å². The summed E-state index contributed by atoms with van der Waals surface area (Å²) < 4.78 is 13.1. The van der Waals surface area contributed by atoms with Crippen LogP contribution in [0.4, 0.5) is 4.79 Å². The van der Waals surface area contributed by atoms with E-state index in [2.05, 4.69) is 21.4 Å². The molecule has 1 saturated carbocycles. The van der Waals surface area contributed by atoms with Crippen molar-refractivity contribution in [3.63, 3.8) is 0 Å². The second kappa shape index (κ2) is 10.8. The molecule has 34 heavy (non-hydrogen) atoms. The Balaban J connectivity index is 1.45. The number of nitriles is 1. The number of hydrogen-bond donors (Lipinski definition) is 0. The number of nitrogens with zero attached hydrogens (tertiary/aromatic N) is 6. The molecule has 2 heterocycles. The van der Waals surface area contributed by atoms with Crippen LogP contribution in [0.3, 0.4) is 0 Å². The molecule has 1 aromatic carbocycles. The minimum absolute atomic E-state index is 0.0271. The molecule has 0 spiro atoms. The topological polar surface area (TPSA) is 106 Å². The summed E-state index contributed by atoms with van der Waals surface area (Å²) in [6.45, 7) is 0.409. The van der Waals surface area contributed by atoms with E-state index in [0.717, 1.165) is 31.2 Å². The number of ether oxygens (including phenoxy) is 2. The van der Waals surface area contributed by atoms with Gasteiger partial charge in [0.25, 0.3) is 0 Å². The Morgan fingerprint density at radius 3 is 2.68 bits per heavy atom. The first-order valence-electron chi connectivity index (χ1n) is 11.4. The number of benzene rings is 1. The summed E-state index contributed by atoms with van der Waals surface area (Å²) in [5.41, 5.74) is 2.73. The van der Waals surface area contributed by atoms with Crippen LogP contribution in [0.5, 0.6) is 5.75 Å². The minimum Gasteiger partial charge on any atom is -0.487 e. The highest BCUT2D eigenvalue weighted by Gasteiger charge is 2.21. The van der Waals surface area contributed by atoms with Crippen LogP contribution >= 0.6 is 0 Å². The maximum Gasteiger partial charge on any atom is 0.410 e. The van der Waals surface area contributed by atoms with Crippen molar-refractivity contribution in [2.24, 2.45) is 7.05 Å². The van der Waals surface area contributed by atoms with Gasteiger partial charge in [-0.25, -0.2) is 14.5 Å². The molecule has 0 N–H and O–H groups in total. The fourth-order valence-corrected chi connectivity index (χ4v) is 4.02. The first-order chi connectivity index (χ1) is 16.5. The number of hydrogen-bond acceptors (Lipinski definition) is 7. The maximum absolute atomic E-state index is 12.5. The van der Waals surface area contributed by atoms with E-state index >= 15 is 0 Å². The van der Waals surface area contributed by atoms with Crippen LogP contribution in [-0.4, -0.2) is 44.1 Å². The smallest absolute Gasteiger partial charge is 0.410 e. The zero-order valence-corrected chi connectivity index (χ0v) is 19.5. The fraction of sp³-hybridized carbons (Fsp3) is 0.400. The maximum atomic E-state index is 12.5. The molecule has 0 bridgehead atoms. The molecule has 4 rings (SSSR count). The molecule has 1 amide bonds. The molecule has 0 aliphatic heterocycles. The van der Waals surface area contributed by atoms with E-state index in [1.165, 1.54) is 11.3 Å². The largest absolute Gasteiger partial charge is 0.487 e. The lowest BCUT2D eigenvalue weighted by Crippen LogP contribution is -2.27. The number of rotatable bonds is 7. The van der Waals surface area contributed by atoms with Gasteiger partial charge in [-0.1, -0.05) is 42.0 Å². The van der Waals surface area contributed by atoms with Crippen molar-refractivity contribution in [1.29, 1.82) is 5.26 Å². The number of carbonyl (C=O) groups is 1. The van der Waals surface area contributed by atoms with Crippen molar-refractivity contribution in [3.8, 4) is 23.2 Å². The van der Waals surface area contributed by atoms with Gasteiger partial charge in [0.15, 0.2) is 11.4 Å². The molecule has 176 valence electrons. The number of aromatic nitrogens is 4. The summed E-state index contributed by atoms with van der Waals surface area (Å²) in [6, 6.07) is 15.3. The fourth-order valence-electron chi connectivity index (χ4n) is 4.02. The highest BCUT2D eigenvalue weighted by atomic mass is 16.6. The van der Waals surface area contributed by atoms with Gasteiger partial charge in [-0.05, 0) is 43.4 Å².